The van der Waals surface area contributed by atoms with Gasteiger partial charge < -0.3 is 20.9 Å². The van der Waals surface area contributed by atoms with Crippen LogP contribution in [0.3, 0.4) is 0 Å². The molecule has 0 saturated carbocycles. The largest absolute Gasteiger partial charge is 0.382 e. The standard InChI is InChI=1S/C13H21N5O2S/c1-3-15-13-16-11(14)10(21-13)12(20)17(2)8-9(19)18-6-4-5-7-18/h3-8,14H2,1-2H3,(H,15,16). The summed E-state index contributed by atoms with van der Waals surface area (Å²) >= 11 is 1.22. The quantitative estimate of drug-likeness (QED) is 0.841. The molecular formula is C13H21N5O2S. The number of rotatable bonds is 5. The number of nitrogen functional groups attached to an aromatic ring is 1. The summed E-state index contributed by atoms with van der Waals surface area (Å²) in [5, 5.41) is 3.65. The Kier molecular flexibility index (Phi) is 5.00. The molecule has 1 fully saturated rings. The number of nitrogens with two attached hydrogens (primary N) is 1. The number of likely N-dealkylation sites (tertiary alicyclic amines) is 1. The van der Waals surface area contributed by atoms with Gasteiger partial charge >= 0.3 is 0 Å². The van der Waals surface area contributed by atoms with E-state index in [2.05, 4.69) is 10.3 Å². The van der Waals surface area contributed by atoms with E-state index in [4.69, 9.17) is 5.73 Å². The molecule has 0 bridgehead atoms. The number of hydrogen-bond acceptors (Lipinski definition) is 6. The van der Waals surface area contributed by atoms with Crippen LogP contribution < -0.4 is 11.1 Å². The maximum atomic E-state index is 12.4. The van der Waals surface area contributed by atoms with E-state index in [0.717, 1.165) is 25.9 Å². The number of hydrogen-bond donors (Lipinski definition) is 2. The Morgan fingerprint density at radius 2 is 2.10 bits per heavy atom. The molecule has 1 aromatic rings. The summed E-state index contributed by atoms with van der Waals surface area (Å²) in [5.74, 6) is -0.0681. The highest BCUT2D eigenvalue weighted by Gasteiger charge is 2.24. The molecule has 1 saturated heterocycles. The van der Waals surface area contributed by atoms with Crippen molar-refractivity contribution in [2.45, 2.75) is 19.8 Å². The zero-order chi connectivity index (χ0) is 15.4. The van der Waals surface area contributed by atoms with E-state index in [1.54, 1.807) is 11.9 Å². The Bertz CT molecular complexity index is 525. The molecule has 116 valence electrons. The lowest BCUT2D eigenvalue weighted by Gasteiger charge is -2.20. The first kappa shape index (κ1) is 15.6. The maximum absolute atomic E-state index is 12.4. The lowest BCUT2D eigenvalue weighted by Crippen LogP contribution is -2.39. The van der Waals surface area contributed by atoms with Crippen molar-refractivity contribution in [3.05, 3.63) is 4.88 Å². The van der Waals surface area contributed by atoms with Crippen LogP contribution in [0.4, 0.5) is 10.9 Å². The highest BCUT2D eigenvalue weighted by molar-refractivity contribution is 7.18. The third-order valence-electron chi connectivity index (χ3n) is 3.35. The van der Waals surface area contributed by atoms with Gasteiger partial charge in [0.05, 0.1) is 6.54 Å². The van der Waals surface area contributed by atoms with Gasteiger partial charge in [-0.05, 0) is 19.8 Å². The number of carbonyl (C=O) groups excluding carboxylic acids is 2. The van der Waals surface area contributed by atoms with E-state index in [9.17, 15) is 9.59 Å². The second-order valence-electron chi connectivity index (χ2n) is 5.01. The normalized spacial score (nSPS) is 14.3. The minimum Gasteiger partial charge on any atom is -0.382 e. The van der Waals surface area contributed by atoms with Crippen LogP contribution in [0.15, 0.2) is 0 Å². The number of thiazole rings is 1. The summed E-state index contributed by atoms with van der Waals surface area (Å²) in [4.78, 5) is 32.1. The van der Waals surface area contributed by atoms with Crippen molar-refractivity contribution in [1.29, 1.82) is 0 Å². The molecular weight excluding hydrogens is 290 g/mol. The predicted molar refractivity (Wildman–Crippen MR) is 83.5 cm³/mol. The van der Waals surface area contributed by atoms with E-state index in [0.29, 0.717) is 16.6 Å². The zero-order valence-electron chi connectivity index (χ0n) is 12.4. The number of amides is 2. The van der Waals surface area contributed by atoms with Gasteiger partial charge in [-0.25, -0.2) is 4.98 Å². The summed E-state index contributed by atoms with van der Waals surface area (Å²) in [5.41, 5.74) is 5.78. The average molecular weight is 311 g/mol. The fourth-order valence-electron chi connectivity index (χ4n) is 2.23. The fraction of sp³-hybridized carbons (Fsp3) is 0.615. The summed E-state index contributed by atoms with van der Waals surface area (Å²) in [6, 6.07) is 0. The van der Waals surface area contributed by atoms with Gasteiger partial charge in [-0.2, -0.15) is 0 Å². The summed E-state index contributed by atoms with van der Waals surface area (Å²) in [6.45, 7) is 4.30. The molecule has 7 nitrogen and oxygen atoms in total. The van der Waals surface area contributed by atoms with Gasteiger partial charge in [0.2, 0.25) is 5.91 Å². The van der Waals surface area contributed by atoms with Crippen molar-refractivity contribution in [2.24, 2.45) is 0 Å². The molecule has 0 aromatic carbocycles. The Balaban J connectivity index is 1.99. The summed E-state index contributed by atoms with van der Waals surface area (Å²) in [6.07, 6.45) is 2.08. The van der Waals surface area contributed by atoms with Gasteiger partial charge in [-0.1, -0.05) is 11.3 Å². The molecule has 0 spiro atoms. The minimum atomic E-state index is -0.262. The van der Waals surface area contributed by atoms with Gasteiger partial charge in [0, 0.05) is 26.7 Å². The maximum Gasteiger partial charge on any atom is 0.268 e. The first-order valence-electron chi connectivity index (χ1n) is 7.06. The Labute approximate surface area is 128 Å². The molecule has 2 heterocycles. The SMILES string of the molecule is CCNc1nc(N)c(C(=O)N(C)CC(=O)N2CCCC2)s1. The number of nitrogens with one attached hydrogen (secondary N) is 1. The lowest BCUT2D eigenvalue weighted by molar-refractivity contribution is -0.130. The van der Waals surface area contributed by atoms with Crippen molar-refractivity contribution in [2.75, 3.05) is 44.3 Å². The van der Waals surface area contributed by atoms with Gasteiger partial charge in [-0.3, -0.25) is 9.59 Å². The number of likely N-dealkylation sites (N-methyl/N-ethyl adjacent to an activating group) is 1. The summed E-state index contributed by atoms with van der Waals surface area (Å²) < 4.78 is 0. The topological polar surface area (TPSA) is 91.6 Å². The van der Waals surface area contributed by atoms with Crippen LogP contribution in [0, 0.1) is 0 Å². The third kappa shape index (κ3) is 3.63. The van der Waals surface area contributed by atoms with E-state index in [-0.39, 0.29) is 24.2 Å². The molecule has 1 aromatic heterocycles. The Morgan fingerprint density at radius 3 is 2.71 bits per heavy atom. The van der Waals surface area contributed by atoms with Crippen LogP contribution in [0.5, 0.6) is 0 Å². The van der Waals surface area contributed by atoms with Gasteiger partial charge in [0.1, 0.15) is 10.7 Å². The van der Waals surface area contributed by atoms with Crippen LogP contribution >= 0.6 is 11.3 Å². The molecule has 21 heavy (non-hydrogen) atoms. The van der Waals surface area contributed by atoms with E-state index in [1.165, 1.54) is 16.2 Å². The van der Waals surface area contributed by atoms with Crippen molar-refractivity contribution < 1.29 is 9.59 Å². The molecule has 3 N–H and O–H groups in total. The van der Waals surface area contributed by atoms with Crippen LogP contribution in [-0.4, -0.2) is 59.8 Å². The van der Waals surface area contributed by atoms with Crippen LogP contribution in [0.1, 0.15) is 29.4 Å². The van der Waals surface area contributed by atoms with Gasteiger partial charge in [0.15, 0.2) is 5.13 Å². The van der Waals surface area contributed by atoms with E-state index >= 15 is 0 Å². The highest BCUT2D eigenvalue weighted by atomic mass is 32.1. The van der Waals surface area contributed by atoms with Crippen LogP contribution in [-0.2, 0) is 4.79 Å². The Hall–Kier alpha value is -1.83. The van der Waals surface area contributed by atoms with Crippen LogP contribution in [0.2, 0.25) is 0 Å². The first-order chi connectivity index (χ1) is 10.0. The summed E-state index contributed by atoms with van der Waals surface area (Å²) in [7, 11) is 1.61. The average Bonchev–Trinajstić information content (AvgIpc) is 3.08. The first-order valence-corrected chi connectivity index (χ1v) is 7.88. The van der Waals surface area contributed by atoms with Crippen molar-refractivity contribution >= 4 is 34.1 Å². The molecule has 1 aliphatic heterocycles. The van der Waals surface area contributed by atoms with Crippen LogP contribution in [0.25, 0.3) is 0 Å². The molecule has 1 aliphatic rings. The zero-order valence-corrected chi connectivity index (χ0v) is 13.2. The van der Waals surface area contributed by atoms with Crippen molar-refractivity contribution in [3.8, 4) is 0 Å². The van der Waals surface area contributed by atoms with Crippen molar-refractivity contribution in [3.63, 3.8) is 0 Å². The smallest absolute Gasteiger partial charge is 0.268 e. The lowest BCUT2D eigenvalue weighted by atomic mass is 10.4. The monoisotopic (exact) mass is 311 g/mol. The number of nitrogens with zero attached hydrogens (tertiary/aromatic N) is 3. The fourth-order valence-corrected chi connectivity index (χ4v) is 3.17. The second kappa shape index (κ2) is 6.75. The molecule has 2 amide bonds. The number of carbonyl (C=O) groups is 2. The molecule has 0 atom stereocenters. The second-order valence-corrected chi connectivity index (χ2v) is 6.01. The molecule has 2 rings (SSSR count). The number of aromatic nitrogens is 1. The van der Waals surface area contributed by atoms with Crippen molar-refractivity contribution in [1.82, 2.24) is 14.8 Å². The van der Waals surface area contributed by atoms with E-state index in [1.807, 2.05) is 6.92 Å². The van der Waals surface area contributed by atoms with E-state index < -0.39 is 0 Å². The highest BCUT2D eigenvalue weighted by Crippen LogP contribution is 2.26. The third-order valence-corrected chi connectivity index (χ3v) is 4.37. The number of anilines is 2. The Morgan fingerprint density at radius 1 is 1.43 bits per heavy atom. The molecule has 8 heteroatoms. The molecule has 0 radical (unpaired) electrons. The van der Waals surface area contributed by atoms with Gasteiger partial charge in [0.25, 0.3) is 5.91 Å². The molecule has 0 unspecified atom stereocenters. The molecule has 0 aliphatic carbocycles. The van der Waals surface area contributed by atoms with Gasteiger partial charge in [-0.15, -0.1) is 0 Å². The predicted octanol–water partition coefficient (Wildman–Crippen LogP) is 0.851. The minimum absolute atomic E-state index is 0.0154.